The summed E-state index contributed by atoms with van der Waals surface area (Å²) < 4.78 is 7.03. The van der Waals surface area contributed by atoms with E-state index >= 15 is 0 Å². The first-order valence-corrected chi connectivity index (χ1v) is 7.55. The highest BCUT2D eigenvalue weighted by atomic mass is 79.9. The highest BCUT2D eigenvalue weighted by Crippen LogP contribution is 2.14. The van der Waals surface area contributed by atoms with E-state index in [0.29, 0.717) is 12.1 Å². The zero-order chi connectivity index (χ0) is 16.1. The molecule has 116 valence electrons. The Hall–Kier alpha value is -2.08. The second-order valence-corrected chi connectivity index (χ2v) is 5.81. The summed E-state index contributed by atoms with van der Waals surface area (Å²) in [6.45, 7) is 0. The van der Waals surface area contributed by atoms with Gasteiger partial charge in [0.05, 0.1) is 7.11 Å². The van der Waals surface area contributed by atoms with Crippen LogP contribution < -0.4 is 10.9 Å². The van der Waals surface area contributed by atoms with E-state index in [9.17, 15) is 9.59 Å². The van der Waals surface area contributed by atoms with Gasteiger partial charge in [-0.3, -0.25) is 4.79 Å². The Morgan fingerprint density at radius 1 is 1.36 bits per heavy atom. The molecule has 0 bridgehead atoms. The van der Waals surface area contributed by atoms with Gasteiger partial charge in [-0.25, -0.2) is 4.79 Å². The molecule has 0 spiro atoms. The number of methoxy groups -OCH3 is 1. The van der Waals surface area contributed by atoms with Crippen LogP contribution in [0.1, 0.15) is 5.56 Å². The summed E-state index contributed by atoms with van der Waals surface area (Å²) in [6.07, 6.45) is 2.10. The molecule has 1 aromatic heterocycles. The molecule has 1 atom stereocenters. The third kappa shape index (κ3) is 3.98. The first-order chi connectivity index (χ1) is 10.5. The lowest BCUT2D eigenvalue weighted by molar-refractivity contribution is -0.141. The van der Waals surface area contributed by atoms with E-state index in [0.717, 1.165) is 10.0 Å². The van der Waals surface area contributed by atoms with E-state index in [1.54, 1.807) is 19.3 Å². The van der Waals surface area contributed by atoms with Crippen LogP contribution in [-0.4, -0.2) is 23.7 Å². The van der Waals surface area contributed by atoms with Crippen LogP contribution in [-0.2, 0) is 23.0 Å². The van der Waals surface area contributed by atoms with Crippen molar-refractivity contribution in [2.75, 3.05) is 12.4 Å². The molecule has 0 amide bonds. The second kappa shape index (κ2) is 7.26. The minimum atomic E-state index is -0.630. The fourth-order valence-electron chi connectivity index (χ4n) is 2.15. The Balaban J connectivity index is 2.28. The molecule has 1 N–H and O–H groups in total. The van der Waals surface area contributed by atoms with Crippen LogP contribution in [0.2, 0.25) is 0 Å². The molecule has 0 fully saturated rings. The number of aromatic nitrogens is 1. The molecule has 1 aromatic carbocycles. The fraction of sp³-hybridized carbons (Fsp3) is 0.250. The lowest BCUT2D eigenvalue weighted by atomic mass is 10.1. The van der Waals surface area contributed by atoms with Crippen molar-refractivity contribution in [3.05, 3.63) is 63.0 Å². The summed E-state index contributed by atoms with van der Waals surface area (Å²) in [5.41, 5.74) is 1.13. The number of nitrogens with zero attached hydrogens (tertiary/aromatic N) is 1. The van der Waals surface area contributed by atoms with Crippen LogP contribution >= 0.6 is 15.9 Å². The molecule has 2 aromatic rings. The van der Waals surface area contributed by atoms with E-state index in [2.05, 4.69) is 21.2 Å². The number of esters is 1. The molecular weight excluding hydrogens is 348 g/mol. The van der Waals surface area contributed by atoms with Crippen LogP contribution in [0.25, 0.3) is 0 Å². The number of rotatable bonds is 5. The molecular formula is C16H17BrN2O3. The van der Waals surface area contributed by atoms with E-state index in [1.165, 1.54) is 11.7 Å². The van der Waals surface area contributed by atoms with Crippen molar-refractivity contribution in [3.63, 3.8) is 0 Å². The van der Waals surface area contributed by atoms with Gasteiger partial charge in [0.25, 0.3) is 5.56 Å². The number of hydrogen-bond donors (Lipinski definition) is 1. The number of ether oxygens (including phenoxy) is 1. The van der Waals surface area contributed by atoms with Gasteiger partial charge in [0.2, 0.25) is 0 Å². The van der Waals surface area contributed by atoms with Crippen molar-refractivity contribution < 1.29 is 9.53 Å². The summed E-state index contributed by atoms with van der Waals surface area (Å²) in [5, 5.41) is 2.99. The number of hydrogen-bond acceptors (Lipinski definition) is 4. The van der Waals surface area contributed by atoms with E-state index < -0.39 is 12.0 Å². The normalized spacial score (nSPS) is 11.8. The van der Waals surface area contributed by atoms with Gasteiger partial charge in [-0.2, -0.15) is 0 Å². The van der Waals surface area contributed by atoms with Gasteiger partial charge in [-0.15, -0.1) is 0 Å². The van der Waals surface area contributed by atoms with Crippen molar-refractivity contribution in [2.24, 2.45) is 7.05 Å². The molecule has 0 aliphatic rings. The van der Waals surface area contributed by atoms with E-state index in [-0.39, 0.29) is 5.56 Å². The van der Waals surface area contributed by atoms with Crippen molar-refractivity contribution >= 4 is 27.6 Å². The van der Waals surface area contributed by atoms with E-state index in [4.69, 9.17) is 4.74 Å². The number of aryl methyl sites for hydroxylation is 1. The number of anilines is 1. The van der Waals surface area contributed by atoms with Gasteiger partial charge in [-0.05, 0) is 27.6 Å². The van der Waals surface area contributed by atoms with E-state index in [1.807, 2.05) is 30.3 Å². The maximum absolute atomic E-state index is 12.1. The number of benzene rings is 1. The van der Waals surface area contributed by atoms with Gasteiger partial charge in [0.15, 0.2) is 0 Å². The SMILES string of the molecule is COC(=O)[C@H](Cc1ccccc1)Nc1cc(Br)cn(C)c1=O. The molecule has 0 saturated heterocycles. The maximum Gasteiger partial charge on any atom is 0.328 e. The zero-order valence-electron chi connectivity index (χ0n) is 12.4. The quantitative estimate of drug-likeness (QED) is 0.827. The van der Waals surface area contributed by atoms with Crippen LogP contribution in [0.5, 0.6) is 0 Å². The summed E-state index contributed by atoms with van der Waals surface area (Å²) in [6, 6.07) is 10.6. The predicted octanol–water partition coefficient (Wildman–Crippen LogP) is 2.34. The average Bonchev–Trinajstić information content (AvgIpc) is 2.51. The second-order valence-electron chi connectivity index (χ2n) is 4.90. The first kappa shape index (κ1) is 16.3. The molecule has 6 heteroatoms. The number of nitrogens with one attached hydrogen (secondary N) is 1. The molecule has 0 unspecified atom stereocenters. The monoisotopic (exact) mass is 364 g/mol. The first-order valence-electron chi connectivity index (χ1n) is 6.75. The highest BCUT2D eigenvalue weighted by molar-refractivity contribution is 9.10. The van der Waals surface area contributed by atoms with Crippen LogP contribution in [0, 0.1) is 0 Å². The van der Waals surface area contributed by atoms with Gasteiger partial charge in [-0.1, -0.05) is 30.3 Å². The van der Waals surface area contributed by atoms with Crippen molar-refractivity contribution in [1.29, 1.82) is 0 Å². The van der Waals surface area contributed by atoms with Crippen LogP contribution in [0.15, 0.2) is 51.9 Å². The zero-order valence-corrected chi connectivity index (χ0v) is 14.0. The Labute approximate surface area is 137 Å². The molecule has 0 saturated carbocycles. The molecule has 0 radical (unpaired) electrons. The standard InChI is InChI=1S/C16H17BrN2O3/c1-19-10-12(17)9-13(15(19)20)18-14(16(21)22-2)8-11-6-4-3-5-7-11/h3-7,9-10,14,18H,8H2,1-2H3/t14-/m0/s1. The van der Waals surface area contributed by atoms with Crippen molar-refractivity contribution in [2.45, 2.75) is 12.5 Å². The third-order valence-electron chi connectivity index (χ3n) is 3.25. The Kier molecular flexibility index (Phi) is 5.38. The Morgan fingerprint density at radius 2 is 2.05 bits per heavy atom. The molecule has 5 nitrogen and oxygen atoms in total. The molecule has 22 heavy (non-hydrogen) atoms. The summed E-state index contributed by atoms with van der Waals surface area (Å²) >= 11 is 3.34. The van der Waals surface area contributed by atoms with Gasteiger partial charge >= 0.3 is 5.97 Å². The van der Waals surface area contributed by atoms with Gasteiger partial charge in [0.1, 0.15) is 11.7 Å². The van der Waals surface area contributed by atoms with Gasteiger partial charge < -0.3 is 14.6 Å². The van der Waals surface area contributed by atoms with Crippen LogP contribution in [0.3, 0.4) is 0 Å². The maximum atomic E-state index is 12.1. The molecule has 1 heterocycles. The number of halogens is 1. The van der Waals surface area contributed by atoms with Crippen molar-refractivity contribution in [3.8, 4) is 0 Å². The minimum absolute atomic E-state index is 0.204. The predicted molar refractivity (Wildman–Crippen MR) is 89.0 cm³/mol. The Bertz CT molecular complexity index is 713. The molecule has 0 aliphatic carbocycles. The molecule has 0 aliphatic heterocycles. The lowest BCUT2D eigenvalue weighted by Crippen LogP contribution is -2.35. The van der Waals surface area contributed by atoms with Crippen LogP contribution in [0.4, 0.5) is 5.69 Å². The largest absolute Gasteiger partial charge is 0.467 e. The van der Waals surface area contributed by atoms with Crippen molar-refractivity contribution in [1.82, 2.24) is 4.57 Å². The fourth-order valence-corrected chi connectivity index (χ4v) is 2.68. The topological polar surface area (TPSA) is 60.3 Å². The smallest absolute Gasteiger partial charge is 0.328 e. The number of pyridine rings is 1. The molecule has 2 rings (SSSR count). The summed E-state index contributed by atoms with van der Waals surface area (Å²) in [4.78, 5) is 24.1. The Morgan fingerprint density at radius 3 is 2.68 bits per heavy atom. The number of carbonyl (C=O) groups excluding carboxylic acids is 1. The van der Waals surface area contributed by atoms with Gasteiger partial charge in [0, 0.05) is 24.1 Å². The third-order valence-corrected chi connectivity index (χ3v) is 3.68. The average molecular weight is 365 g/mol. The number of carbonyl (C=O) groups is 1. The highest BCUT2D eigenvalue weighted by Gasteiger charge is 2.21. The summed E-state index contributed by atoms with van der Waals surface area (Å²) in [7, 11) is 2.99. The lowest BCUT2D eigenvalue weighted by Gasteiger charge is -2.18. The minimum Gasteiger partial charge on any atom is -0.467 e. The summed E-state index contributed by atoms with van der Waals surface area (Å²) in [5.74, 6) is -0.411.